The molecule has 0 bridgehead atoms. The van der Waals surface area contributed by atoms with E-state index < -0.39 is 42.9 Å². The second kappa shape index (κ2) is 13.1. The number of rotatable bonds is 11. The van der Waals surface area contributed by atoms with Crippen LogP contribution in [0.5, 0.6) is 0 Å². The quantitative estimate of drug-likeness (QED) is 0.282. The number of carbonyl (C=O) groups is 4. The number of hydrogen-bond acceptors (Lipinski definition) is 6. The minimum Gasteiger partial charge on any atom is -0.480 e. The van der Waals surface area contributed by atoms with Gasteiger partial charge in [0.2, 0.25) is 5.91 Å². The Balaban J connectivity index is 1.45. The molecule has 0 fully saturated rings. The van der Waals surface area contributed by atoms with Crippen LogP contribution in [-0.4, -0.2) is 59.7 Å². The van der Waals surface area contributed by atoms with Gasteiger partial charge in [-0.1, -0.05) is 84.8 Å². The summed E-state index contributed by atoms with van der Waals surface area (Å²) in [4.78, 5) is 50.9. The van der Waals surface area contributed by atoms with E-state index in [1.807, 2.05) is 54.6 Å². The summed E-state index contributed by atoms with van der Waals surface area (Å²) in [6.07, 6.45) is 3.83. The first kappa shape index (κ1) is 27.9. The number of aliphatic carboxylic acids is 1. The Hall–Kier alpha value is -5.10. The van der Waals surface area contributed by atoms with Crippen molar-refractivity contribution in [1.82, 2.24) is 10.2 Å². The second-order valence-electron chi connectivity index (χ2n) is 9.17. The molecule has 0 spiro atoms. The number of nitrogens with zero attached hydrogens (tertiary/aromatic N) is 1. The van der Waals surface area contributed by atoms with E-state index in [4.69, 9.17) is 15.9 Å². The summed E-state index contributed by atoms with van der Waals surface area (Å²) in [6, 6.07) is 23.2. The van der Waals surface area contributed by atoms with E-state index in [9.17, 15) is 24.3 Å². The molecule has 0 saturated heterocycles. The van der Waals surface area contributed by atoms with Crippen molar-refractivity contribution in [2.75, 3.05) is 19.7 Å². The fourth-order valence-corrected chi connectivity index (χ4v) is 4.65. The van der Waals surface area contributed by atoms with Crippen LogP contribution >= 0.6 is 0 Å². The van der Waals surface area contributed by atoms with Crippen LogP contribution in [0.25, 0.3) is 11.1 Å². The van der Waals surface area contributed by atoms with Crippen LogP contribution in [0.15, 0.2) is 78.9 Å². The second-order valence-corrected chi connectivity index (χ2v) is 9.17. The van der Waals surface area contributed by atoms with E-state index in [0.717, 1.165) is 32.7 Å². The summed E-state index contributed by atoms with van der Waals surface area (Å²) in [6.45, 7) is -1.07. The molecule has 0 heterocycles. The molecule has 0 saturated carbocycles. The van der Waals surface area contributed by atoms with Gasteiger partial charge < -0.3 is 24.8 Å². The highest BCUT2D eigenvalue weighted by molar-refractivity contribution is 5.91. The summed E-state index contributed by atoms with van der Waals surface area (Å²) in [5.74, 6) is -0.895. The Morgan fingerprint density at radius 2 is 1.50 bits per heavy atom. The van der Waals surface area contributed by atoms with E-state index in [-0.39, 0.29) is 25.7 Å². The fraction of sp³-hybridized carbons (Fsp3) is 0.226. The summed E-state index contributed by atoms with van der Waals surface area (Å²) in [5.41, 5.74) is 4.87. The lowest BCUT2D eigenvalue weighted by Gasteiger charge is -2.25. The Bertz CT molecular complexity index is 1390. The molecule has 3 aromatic rings. The number of hydrogen-bond donors (Lipinski definition) is 2. The normalized spacial score (nSPS) is 12.3. The molecule has 204 valence electrons. The van der Waals surface area contributed by atoms with Gasteiger partial charge in [0.15, 0.2) is 0 Å². The molecular formula is C31H28N2O7. The van der Waals surface area contributed by atoms with E-state index in [2.05, 4.69) is 11.2 Å². The minimum absolute atomic E-state index is 0.0115. The number of nitrogens with one attached hydrogen (secondary N) is 1. The number of carbonyl (C=O) groups excluding carboxylic acids is 3. The van der Waals surface area contributed by atoms with Gasteiger partial charge in [0.1, 0.15) is 25.8 Å². The number of alkyl carbamates (subject to hydrolysis) is 1. The van der Waals surface area contributed by atoms with Crippen molar-refractivity contribution in [2.45, 2.75) is 25.0 Å². The van der Waals surface area contributed by atoms with E-state index in [1.165, 1.54) is 0 Å². The maximum absolute atomic E-state index is 13.2. The van der Waals surface area contributed by atoms with Gasteiger partial charge in [0.25, 0.3) is 0 Å². The maximum Gasteiger partial charge on any atom is 0.407 e. The van der Waals surface area contributed by atoms with Gasteiger partial charge in [-0.25, -0.2) is 4.79 Å². The lowest BCUT2D eigenvalue weighted by Crippen LogP contribution is -2.51. The standard InChI is InChI=1S/C31H28N2O7/c1-2-16-33(18-28(34)35)30(37)27(17-29(36)39-19-21-10-4-3-5-11-21)32-31(38)40-20-26-24-14-8-6-12-22(24)23-13-7-9-15-25(23)26/h1,3-15,26-27H,16-20H2,(H,32,38)(H,34,35)/t27-/m0/s1. The van der Waals surface area contributed by atoms with Gasteiger partial charge in [-0.3, -0.25) is 14.4 Å². The van der Waals surface area contributed by atoms with Crippen LogP contribution in [0.4, 0.5) is 4.79 Å². The molecule has 4 rings (SSSR count). The van der Waals surface area contributed by atoms with Crippen molar-refractivity contribution in [2.24, 2.45) is 0 Å². The van der Waals surface area contributed by atoms with Crippen molar-refractivity contribution in [3.05, 3.63) is 95.6 Å². The lowest BCUT2D eigenvalue weighted by molar-refractivity contribution is -0.149. The van der Waals surface area contributed by atoms with Crippen LogP contribution in [0, 0.1) is 12.3 Å². The molecule has 3 aromatic carbocycles. The average molecular weight is 541 g/mol. The van der Waals surface area contributed by atoms with E-state index >= 15 is 0 Å². The predicted molar refractivity (Wildman–Crippen MR) is 146 cm³/mol. The molecule has 0 aromatic heterocycles. The molecule has 40 heavy (non-hydrogen) atoms. The number of benzene rings is 3. The third kappa shape index (κ3) is 6.85. The van der Waals surface area contributed by atoms with Crippen molar-refractivity contribution in [3.63, 3.8) is 0 Å². The summed E-state index contributed by atoms with van der Waals surface area (Å²) in [5, 5.41) is 11.6. The van der Waals surface area contributed by atoms with Gasteiger partial charge in [-0.05, 0) is 27.8 Å². The molecule has 1 aliphatic rings. The van der Waals surface area contributed by atoms with Gasteiger partial charge >= 0.3 is 18.0 Å². The molecule has 1 atom stereocenters. The van der Waals surface area contributed by atoms with Crippen molar-refractivity contribution in [1.29, 1.82) is 0 Å². The minimum atomic E-state index is -1.45. The first-order chi connectivity index (χ1) is 19.4. The van der Waals surface area contributed by atoms with Crippen LogP contribution in [-0.2, 0) is 30.5 Å². The zero-order chi connectivity index (χ0) is 28.5. The highest BCUT2D eigenvalue weighted by Crippen LogP contribution is 2.44. The van der Waals surface area contributed by atoms with Gasteiger partial charge in [-0.15, -0.1) is 6.42 Å². The number of esters is 1. The van der Waals surface area contributed by atoms with Gasteiger partial charge in [-0.2, -0.15) is 0 Å². The van der Waals surface area contributed by atoms with Gasteiger partial charge in [0, 0.05) is 5.92 Å². The van der Waals surface area contributed by atoms with Crippen LogP contribution in [0.2, 0.25) is 0 Å². The van der Waals surface area contributed by atoms with Crippen molar-refractivity contribution >= 4 is 23.9 Å². The molecule has 9 nitrogen and oxygen atoms in total. The first-order valence-electron chi connectivity index (χ1n) is 12.6. The molecule has 2 amide bonds. The van der Waals surface area contributed by atoms with Crippen molar-refractivity contribution < 1.29 is 33.8 Å². The SMILES string of the molecule is C#CCN(CC(=O)O)C(=O)[C@H](CC(=O)OCc1ccccc1)NC(=O)OCC1c2ccccc2-c2ccccc21. The first-order valence-corrected chi connectivity index (χ1v) is 12.6. The number of fused-ring (bicyclic) bond motifs is 3. The number of amides is 2. The molecular weight excluding hydrogens is 512 g/mol. The highest BCUT2D eigenvalue weighted by Gasteiger charge is 2.32. The summed E-state index contributed by atoms with van der Waals surface area (Å²) < 4.78 is 10.8. The topological polar surface area (TPSA) is 122 Å². The average Bonchev–Trinajstić information content (AvgIpc) is 3.28. The third-order valence-corrected chi connectivity index (χ3v) is 6.47. The number of carboxylic acid groups (broad SMARTS) is 1. The fourth-order valence-electron chi connectivity index (χ4n) is 4.65. The van der Waals surface area contributed by atoms with Crippen LogP contribution < -0.4 is 5.32 Å². The molecule has 9 heteroatoms. The number of ether oxygens (including phenoxy) is 2. The maximum atomic E-state index is 13.2. The third-order valence-electron chi connectivity index (χ3n) is 6.47. The lowest BCUT2D eigenvalue weighted by atomic mass is 9.98. The summed E-state index contributed by atoms with van der Waals surface area (Å²) in [7, 11) is 0. The monoisotopic (exact) mass is 540 g/mol. The smallest absolute Gasteiger partial charge is 0.407 e. The highest BCUT2D eigenvalue weighted by atomic mass is 16.5. The largest absolute Gasteiger partial charge is 0.480 e. The molecule has 2 N–H and O–H groups in total. The van der Waals surface area contributed by atoms with Crippen LogP contribution in [0.3, 0.4) is 0 Å². The zero-order valence-corrected chi connectivity index (χ0v) is 21.6. The predicted octanol–water partition coefficient (Wildman–Crippen LogP) is 3.57. The van der Waals surface area contributed by atoms with E-state index in [1.54, 1.807) is 24.3 Å². The molecule has 0 unspecified atom stereocenters. The van der Waals surface area contributed by atoms with Gasteiger partial charge in [0.05, 0.1) is 13.0 Å². The zero-order valence-electron chi connectivity index (χ0n) is 21.6. The number of terminal acetylenes is 1. The number of carboxylic acids is 1. The Labute approximate surface area is 231 Å². The Morgan fingerprint density at radius 1 is 0.900 bits per heavy atom. The van der Waals surface area contributed by atoms with E-state index in [0.29, 0.717) is 0 Å². The Morgan fingerprint density at radius 3 is 2.10 bits per heavy atom. The Kier molecular flexibility index (Phi) is 9.15. The molecule has 0 aliphatic heterocycles. The van der Waals surface area contributed by atoms with Crippen LogP contribution in [0.1, 0.15) is 29.0 Å². The molecule has 1 aliphatic carbocycles. The summed E-state index contributed by atoms with van der Waals surface area (Å²) >= 11 is 0. The molecule has 0 radical (unpaired) electrons. The van der Waals surface area contributed by atoms with Crippen molar-refractivity contribution in [3.8, 4) is 23.5 Å².